The van der Waals surface area contributed by atoms with Crippen LogP contribution in [0.25, 0.3) is 0 Å². The van der Waals surface area contributed by atoms with Crippen LogP contribution < -0.4 is 10.1 Å². The average molecular weight is 480 g/mol. The molecule has 0 spiro atoms. The van der Waals surface area contributed by atoms with E-state index in [9.17, 15) is 14.4 Å². The smallest absolute Gasteiger partial charge is 0.341 e. The Labute approximate surface area is 207 Å². The maximum Gasteiger partial charge on any atom is 0.341 e. The van der Waals surface area contributed by atoms with E-state index in [1.165, 1.54) is 44.4 Å². The summed E-state index contributed by atoms with van der Waals surface area (Å²) in [5.41, 5.74) is 4.90. The Morgan fingerprint density at radius 2 is 1.20 bits per heavy atom. The topological polar surface area (TPSA) is 90.9 Å². The van der Waals surface area contributed by atoms with Crippen LogP contribution in [0.15, 0.2) is 66.7 Å². The standard InChI is InChI=1S/C16H17NO2.C10H10O4.C2H6/c1-11-7-6-10-14(12(11)2)17-15-9-5-4-8-13(15)16(18)19-3;1-7(11)14-9-6-4-3-5-8(9)10(12)13-2;1-2/h4-10,17H,1-3H3;3-6H,1-2H3;1-2H3. The van der Waals surface area contributed by atoms with Gasteiger partial charge in [0.15, 0.2) is 0 Å². The molecule has 0 aliphatic carbocycles. The van der Waals surface area contributed by atoms with E-state index in [2.05, 4.69) is 30.0 Å². The highest BCUT2D eigenvalue weighted by molar-refractivity contribution is 5.96. The highest BCUT2D eigenvalue weighted by Crippen LogP contribution is 2.25. The SMILES string of the molecule is CC.COC(=O)c1ccccc1Nc1cccc(C)c1C.COC(=O)c1ccccc1OC(C)=O. The van der Waals surface area contributed by atoms with Crippen molar-refractivity contribution in [2.75, 3.05) is 19.5 Å². The van der Waals surface area contributed by atoms with Crippen molar-refractivity contribution in [3.8, 4) is 5.75 Å². The van der Waals surface area contributed by atoms with Crippen LogP contribution in [-0.4, -0.2) is 32.1 Å². The van der Waals surface area contributed by atoms with Gasteiger partial charge < -0.3 is 19.5 Å². The van der Waals surface area contributed by atoms with Gasteiger partial charge in [0.25, 0.3) is 0 Å². The molecule has 0 aliphatic heterocycles. The lowest BCUT2D eigenvalue weighted by atomic mass is 10.1. The summed E-state index contributed by atoms with van der Waals surface area (Å²) >= 11 is 0. The summed E-state index contributed by atoms with van der Waals surface area (Å²) in [6, 6.07) is 19.8. The van der Waals surface area contributed by atoms with Gasteiger partial charge >= 0.3 is 17.9 Å². The van der Waals surface area contributed by atoms with Crippen LogP contribution in [-0.2, 0) is 14.3 Å². The van der Waals surface area contributed by atoms with E-state index < -0.39 is 11.9 Å². The summed E-state index contributed by atoms with van der Waals surface area (Å²) < 4.78 is 14.1. The Morgan fingerprint density at radius 1 is 0.686 bits per heavy atom. The molecular weight excluding hydrogens is 446 g/mol. The van der Waals surface area contributed by atoms with Crippen molar-refractivity contribution in [3.63, 3.8) is 0 Å². The van der Waals surface area contributed by atoms with Crippen molar-refractivity contribution in [1.82, 2.24) is 0 Å². The van der Waals surface area contributed by atoms with E-state index in [-0.39, 0.29) is 17.3 Å². The second-order valence-electron chi connectivity index (χ2n) is 6.99. The fraction of sp³-hybridized carbons (Fsp3) is 0.250. The molecule has 0 fully saturated rings. The Morgan fingerprint density at radius 3 is 1.80 bits per heavy atom. The second kappa shape index (κ2) is 14.9. The molecule has 0 atom stereocenters. The molecule has 0 aliphatic rings. The lowest BCUT2D eigenvalue weighted by Crippen LogP contribution is -2.08. The molecule has 3 rings (SSSR count). The monoisotopic (exact) mass is 479 g/mol. The van der Waals surface area contributed by atoms with Crippen LogP contribution in [0.2, 0.25) is 0 Å². The summed E-state index contributed by atoms with van der Waals surface area (Å²) in [7, 11) is 2.66. The normalized spacial score (nSPS) is 9.34. The molecule has 3 aromatic carbocycles. The van der Waals surface area contributed by atoms with Crippen LogP contribution in [0.5, 0.6) is 5.75 Å². The Kier molecular flexibility index (Phi) is 12.3. The zero-order valence-electron chi connectivity index (χ0n) is 21.3. The van der Waals surface area contributed by atoms with Gasteiger partial charge in [0.05, 0.1) is 25.5 Å². The summed E-state index contributed by atoms with van der Waals surface area (Å²) in [6.07, 6.45) is 0. The number of esters is 3. The van der Waals surface area contributed by atoms with Crippen molar-refractivity contribution in [2.24, 2.45) is 0 Å². The number of carbonyl (C=O) groups is 3. The summed E-state index contributed by atoms with van der Waals surface area (Å²) in [5.74, 6) is -1.12. The van der Waals surface area contributed by atoms with Crippen LogP contribution >= 0.6 is 0 Å². The van der Waals surface area contributed by atoms with Crippen molar-refractivity contribution in [1.29, 1.82) is 0 Å². The molecule has 0 amide bonds. The first-order chi connectivity index (χ1) is 16.8. The third-order valence-corrected chi connectivity index (χ3v) is 4.75. The molecule has 1 N–H and O–H groups in total. The molecule has 0 radical (unpaired) electrons. The first kappa shape index (κ1) is 28.9. The third kappa shape index (κ3) is 8.62. The summed E-state index contributed by atoms with van der Waals surface area (Å²) in [5, 5.41) is 3.30. The molecule has 0 saturated heterocycles. The zero-order chi connectivity index (χ0) is 26.4. The number of methoxy groups -OCH3 is 2. The number of hydrogen-bond acceptors (Lipinski definition) is 7. The predicted molar refractivity (Wildman–Crippen MR) is 137 cm³/mol. The molecule has 0 aromatic heterocycles. The predicted octanol–water partition coefficient (Wildman–Crippen LogP) is 6.26. The molecule has 7 nitrogen and oxygen atoms in total. The molecule has 0 saturated carbocycles. The Balaban J connectivity index is 0.000000341. The van der Waals surface area contributed by atoms with Gasteiger partial charge in [0.2, 0.25) is 0 Å². The van der Waals surface area contributed by atoms with E-state index in [0.29, 0.717) is 5.56 Å². The van der Waals surface area contributed by atoms with Gasteiger partial charge in [-0.05, 0) is 55.3 Å². The first-order valence-corrected chi connectivity index (χ1v) is 11.1. The fourth-order valence-electron chi connectivity index (χ4n) is 2.90. The third-order valence-electron chi connectivity index (χ3n) is 4.75. The molecule has 3 aromatic rings. The molecular formula is C28H33NO6. The van der Waals surface area contributed by atoms with E-state index in [1.54, 1.807) is 18.2 Å². The number of rotatable bonds is 5. The number of aryl methyl sites for hydroxylation is 1. The molecule has 186 valence electrons. The van der Waals surface area contributed by atoms with Crippen LogP contribution in [0, 0.1) is 13.8 Å². The number of ether oxygens (including phenoxy) is 3. The highest BCUT2D eigenvalue weighted by Gasteiger charge is 2.13. The minimum Gasteiger partial charge on any atom is -0.465 e. The van der Waals surface area contributed by atoms with Crippen molar-refractivity contribution in [2.45, 2.75) is 34.6 Å². The Hall–Kier alpha value is -4.13. The lowest BCUT2D eigenvalue weighted by Gasteiger charge is -2.13. The van der Waals surface area contributed by atoms with E-state index in [0.717, 1.165) is 11.4 Å². The largest absolute Gasteiger partial charge is 0.465 e. The lowest BCUT2D eigenvalue weighted by molar-refractivity contribution is -0.131. The molecule has 35 heavy (non-hydrogen) atoms. The van der Waals surface area contributed by atoms with Gasteiger partial charge in [-0.25, -0.2) is 9.59 Å². The van der Waals surface area contributed by atoms with Crippen LogP contribution in [0.3, 0.4) is 0 Å². The number of anilines is 2. The molecule has 7 heteroatoms. The first-order valence-electron chi connectivity index (χ1n) is 11.1. The maximum absolute atomic E-state index is 11.7. The number of benzene rings is 3. The van der Waals surface area contributed by atoms with Gasteiger partial charge in [0.1, 0.15) is 11.3 Å². The molecule has 0 bridgehead atoms. The van der Waals surface area contributed by atoms with E-state index in [1.807, 2.05) is 44.2 Å². The summed E-state index contributed by atoms with van der Waals surface area (Å²) in [6.45, 7) is 9.39. The number of carbonyl (C=O) groups excluding carboxylic acids is 3. The average Bonchev–Trinajstić information content (AvgIpc) is 2.88. The number of para-hydroxylation sites is 2. The van der Waals surface area contributed by atoms with Gasteiger partial charge in [0, 0.05) is 12.6 Å². The Bertz CT molecular complexity index is 1140. The highest BCUT2D eigenvalue weighted by atomic mass is 16.5. The van der Waals surface area contributed by atoms with Crippen molar-refractivity contribution in [3.05, 3.63) is 89.0 Å². The van der Waals surface area contributed by atoms with E-state index >= 15 is 0 Å². The van der Waals surface area contributed by atoms with Gasteiger partial charge in [-0.3, -0.25) is 4.79 Å². The maximum atomic E-state index is 11.7. The molecule has 0 unspecified atom stereocenters. The van der Waals surface area contributed by atoms with Crippen molar-refractivity contribution >= 4 is 29.3 Å². The fourth-order valence-corrected chi connectivity index (χ4v) is 2.90. The van der Waals surface area contributed by atoms with Crippen LogP contribution in [0.4, 0.5) is 11.4 Å². The van der Waals surface area contributed by atoms with Gasteiger partial charge in [-0.1, -0.05) is 50.2 Å². The van der Waals surface area contributed by atoms with Gasteiger partial charge in [-0.15, -0.1) is 0 Å². The molecule has 0 heterocycles. The van der Waals surface area contributed by atoms with E-state index in [4.69, 9.17) is 9.47 Å². The van der Waals surface area contributed by atoms with Crippen molar-refractivity contribution < 1.29 is 28.6 Å². The minimum atomic E-state index is -0.526. The minimum absolute atomic E-state index is 0.215. The number of hydrogen-bond donors (Lipinski definition) is 1. The quantitative estimate of drug-likeness (QED) is 0.341. The number of nitrogens with one attached hydrogen (secondary N) is 1. The zero-order valence-corrected chi connectivity index (χ0v) is 21.3. The second-order valence-corrected chi connectivity index (χ2v) is 6.99. The van der Waals surface area contributed by atoms with Gasteiger partial charge in [-0.2, -0.15) is 0 Å². The summed E-state index contributed by atoms with van der Waals surface area (Å²) in [4.78, 5) is 33.6. The van der Waals surface area contributed by atoms with Crippen LogP contribution in [0.1, 0.15) is 52.6 Å².